The number of rotatable bonds is 4. The number of benzene rings is 1. The molecule has 1 N–H and O–H groups in total. The van der Waals surface area contributed by atoms with Crippen molar-refractivity contribution in [1.82, 2.24) is 4.90 Å². The van der Waals surface area contributed by atoms with E-state index in [1.54, 1.807) is 0 Å². The molecule has 4 heteroatoms. The van der Waals surface area contributed by atoms with Gasteiger partial charge in [0.05, 0.1) is 10.6 Å². The zero-order valence-electron chi connectivity index (χ0n) is 10.0. The molecule has 1 fully saturated rings. The van der Waals surface area contributed by atoms with E-state index >= 15 is 0 Å². The molecule has 1 aliphatic rings. The highest BCUT2D eigenvalue weighted by atomic mass is 35.5. The Hall–Kier alpha value is -0.770. The number of ether oxygens (including phenoxy) is 1. The number of hydrogen-bond acceptors (Lipinski definition) is 3. The average molecular weight is 256 g/mol. The van der Waals surface area contributed by atoms with Crippen molar-refractivity contribution < 1.29 is 9.84 Å². The number of hydrogen-bond donors (Lipinski definition) is 1. The summed E-state index contributed by atoms with van der Waals surface area (Å²) in [6.07, 6.45) is 0.832. The van der Waals surface area contributed by atoms with Gasteiger partial charge in [0.1, 0.15) is 12.4 Å². The monoisotopic (exact) mass is 255 g/mol. The molecule has 0 saturated carbocycles. The summed E-state index contributed by atoms with van der Waals surface area (Å²) in [5, 5.41) is 10.5. The summed E-state index contributed by atoms with van der Waals surface area (Å²) in [4.78, 5) is 2.21. The average Bonchev–Trinajstić information content (AvgIpc) is 2.61. The van der Waals surface area contributed by atoms with Crippen molar-refractivity contribution in [3.8, 4) is 5.75 Å². The molecule has 0 bridgehead atoms. The Bertz CT molecular complexity index is 381. The highest BCUT2D eigenvalue weighted by molar-refractivity contribution is 6.32. The Labute approximate surface area is 107 Å². The second kappa shape index (κ2) is 5.25. The van der Waals surface area contributed by atoms with E-state index in [0.717, 1.165) is 31.8 Å². The van der Waals surface area contributed by atoms with Gasteiger partial charge in [0, 0.05) is 19.6 Å². The Morgan fingerprint density at radius 2 is 2.24 bits per heavy atom. The number of nitrogens with zero attached hydrogens (tertiary/aromatic N) is 1. The molecule has 0 aliphatic carbocycles. The zero-order valence-corrected chi connectivity index (χ0v) is 10.8. The first-order valence-corrected chi connectivity index (χ1v) is 6.27. The predicted molar refractivity (Wildman–Crippen MR) is 68.6 cm³/mol. The first kappa shape index (κ1) is 12.7. The third-order valence-electron chi connectivity index (χ3n) is 3.03. The van der Waals surface area contributed by atoms with Gasteiger partial charge in [0.15, 0.2) is 0 Å². The summed E-state index contributed by atoms with van der Waals surface area (Å²) in [6.45, 7) is 4.95. The van der Waals surface area contributed by atoms with E-state index in [9.17, 15) is 5.11 Å². The second-order valence-corrected chi connectivity index (χ2v) is 5.21. The van der Waals surface area contributed by atoms with E-state index < -0.39 is 5.60 Å². The largest absolute Gasteiger partial charge is 0.491 e. The van der Waals surface area contributed by atoms with Crippen LogP contribution >= 0.6 is 11.6 Å². The van der Waals surface area contributed by atoms with Crippen LogP contribution in [0.1, 0.15) is 13.3 Å². The summed E-state index contributed by atoms with van der Waals surface area (Å²) >= 11 is 5.99. The van der Waals surface area contributed by atoms with Crippen molar-refractivity contribution in [3.05, 3.63) is 29.3 Å². The maximum atomic E-state index is 9.82. The highest BCUT2D eigenvalue weighted by Crippen LogP contribution is 2.23. The topological polar surface area (TPSA) is 32.7 Å². The summed E-state index contributed by atoms with van der Waals surface area (Å²) < 4.78 is 5.61. The van der Waals surface area contributed by atoms with Gasteiger partial charge in [-0.3, -0.25) is 4.90 Å². The van der Waals surface area contributed by atoms with Crippen molar-refractivity contribution in [2.45, 2.75) is 18.9 Å². The van der Waals surface area contributed by atoms with Gasteiger partial charge < -0.3 is 9.84 Å². The van der Waals surface area contributed by atoms with E-state index in [1.165, 1.54) is 0 Å². The van der Waals surface area contributed by atoms with E-state index in [4.69, 9.17) is 16.3 Å². The van der Waals surface area contributed by atoms with Gasteiger partial charge >= 0.3 is 0 Å². The minimum atomic E-state index is -0.537. The molecule has 1 aliphatic heterocycles. The summed E-state index contributed by atoms with van der Waals surface area (Å²) in [5.41, 5.74) is -0.537. The maximum Gasteiger partial charge on any atom is 0.137 e. The Morgan fingerprint density at radius 3 is 2.88 bits per heavy atom. The van der Waals surface area contributed by atoms with Gasteiger partial charge in [0.25, 0.3) is 0 Å². The third-order valence-corrected chi connectivity index (χ3v) is 3.34. The number of para-hydroxylation sites is 1. The predicted octanol–water partition coefficient (Wildman–Crippen LogP) is 2.18. The molecule has 1 aromatic rings. The van der Waals surface area contributed by atoms with Crippen LogP contribution in [0.25, 0.3) is 0 Å². The lowest BCUT2D eigenvalue weighted by molar-refractivity contribution is 0.0670. The highest BCUT2D eigenvalue weighted by Gasteiger charge is 2.30. The van der Waals surface area contributed by atoms with Gasteiger partial charge in [-0.25, -0.2) is 0 Å². The smallest absolute Gasteiger partial charge is 0.137 e. The lowest BCUT2D eigenvalue weighted by Gasteiger charge is -2.19. The minimum Gasteiger partial charge on any atom is -0.491 e. The quantitative estimate of drug-likeness (QED) is 0.895. The molecule has 1 aromatic carbocycles. The Kier molecular flexibility index (Phi) is 3.92. The Morgan fingerprint density at radius 1 is 1.47 bits per heavy atom. The maximum absolute atomic E-state index is 9.82. The fraction of sp³-hybridized carbons (Fsp3) is 0.538. The molecule has 1 unspecified atom stereocenters. The Balaban J connectivity index is 1.76. The van der Waals surface area contributed by atoms with Crippen LogP contribution in [-0.2, 0) is 0 Å². The van der Waals surface area contributed by atoms with Crippen LogP contribution in [0.4, 0.5) is 0 Å². The molecule has 0 amide bonds. The number of β-amino-alcohol motifs (C(OH)–C–C–N with tert-alkyl or cyclic N) is 1. The van der Waals surface area contributed by atoms with Crippen LogP contribution in [0.5, 0.6) is 5.75 Å². The fourth-order valence-corrected chi connectivity index (χ4v) is 2.27. The van der Waals surface area contributed by atoms with Crippen molar-refractivity contribution in [2.75, 3.05) is 26.2 Å². The SMILES string of the molecule is CC1(O)CCN(CCOc2ccccc2Cl)C1. The third kappa shape index (κ3) is 3.60. The lowest BCUT2D eigenvalue weighted by atomic mass is 10.1. The molecular weight excluding hydrogens is 238 g/mol. The molecule has 1 heterocycles. The summed E-state index contributed by atoms with van der Waals surface area (Å²) in [6, 6.07) is 7.47. The van der Waals surface area contributed by atoms with Crippen molar-refractivity contribution in [3.63, 3.8) is 0 Å². The van der Waals surface area contributed by atoms with Gasteiger partial charge in [-0.1, -0.05) is 23.7 Å². The molecule has 0 radical (unpaired) electrons. The first-order chi connectivity index (χ1) is 8.07. The second-order valence-electron chi connectivity index (χ2n) is 4.80. The fourth-order valence-electron chi connectivity index (χ4n) is 2.08. The van der Waals surface area contributed by atoms with Crippen LogP contribution in [0.15, 0.2) is 24.3 Å². The molecule has 1 atom stereocenters. The minimum absolute atomic E-state index is 0.537. The molecule has 94 valence electrons. The lowest BCUT2D eigenvalue weighted by Crippen LogP contribution is -2.32. The van der Waals surface area contributed by atoms with E-state index in [-0.39, 0.29) is 0 Å². The molecule has 2 rings (SSSR count). The van der Waals surface area contributed by atoms with Crippen LogP contribution in [0, 0.1) is 0 Å². The van der Waals surface area contributed by atoms with E-state index in [2.05, 4.69) is 4.90 Å². The van der Waals surface area contributed by atoms with Crippen LogP contribution < -0.4 is 4.74 Å². The number of aliphatic hydroxyl groups is 1. The van der Waals surface area contributed by atoms with Gasteiger partial charge in [-0.15, -0.1) is 0 Å². The molecule has 3 nitrogen and oxygen atoms in total. The standard InChI is InChI=1S/C13H18ClNO2/c1-13(16)6-7-15(10-13)8-9-17-12-5-3-2-4-11(12)14/h2-5,16H,6-10H2,1H3. The van der Waals surface area contributed by atoms with Gasteiger partial charge in [-0.05, 0) is 25.5 Å². The summed E-state index contributed by atoms with van der Waals surface area (Å²) in [7, 11) is 0. The van der Waals surface area contributed by atoms with Crippen LogP contribution in [0.2, 0.25) is 5.02 Å². The van der Waals surface area contributed by atoms with Crippen LogP contribution in [-0.4, -0.2) is 41.8 Å². The number of likely N-dealkylation sites (tertiary alicyclic amines) is 1. The molecular formula is C13H18ClNO2. The molecule has 1 saturated heterocycles. The number of halogens is 1. The van der Waals surface area contributed by atoms with Crippen LogP contribution in [0.3, 0.4) is 0 Å². The van der Waals surface area contributed by atoms with Crippen molar-refractivity contribution in [2.24, 2.45) is 0 Å². The molecule has 17 heavy (non-hydrogen) atoms. The zero-order chi connectivity index (χ0) is 12.3. The normalized spacial score (nSPS) is 25.1. The van der Waals surface area contributed by atoms with E-state index in [0.29, 0.717) is 11.6 Å². The summed E-state index contributed by atoms with van der Waals surface area (Å²) in [5.74, 6) is 0.722. The molecule has 0 spiro atoms. The van der Waals surface area contributed by atoms with Gasteiger partial charge in [0.2, 0.25) is 0 Å². The van der Waals surface area contributed by atoms with E-state index in [1.807, 2.05) is 31.2 Å². The van der Waals surface area contributed by atoms with Crippen molar-refractivity contribution >= 4 is 11.6 Å². The first-order valence-electron chi connectivity index (χ1n) is 5.89. The molecule has 0 aromatic heterocycles. The van der Waals surface area contributed by atoms with Crippen molar-refractivity contribution in [1.29, 1.82) is 0 Å². The van der Waals surface area contributed by atoms with Gasteiger partial charge in [-0.2, -0.15) is 0 Å².